The van der Waals surface area contributed by atoms with Crippen LogP contribution in [0.5, 0.6) is 11.5 Å². The molecule has 0 saturated carbocycles. The van der Waals surface area contributed by atoms with Crippen LogP contribution in [-0.2, 0) is 19.0 Å². The zero-order valence-corrected chi connectivity index (χ0v) is 23.6. The summed E-state index contributed by atoms with van der Waals surface area (Å²) < 4.78 is 17.7. The number of carbonyl (C=O) groups excluding carboxylic acids is 2. The summed E-state index contributed by atoms with van der Waals surface area (Å²) >= 11 is 0. The van der Waals surface area contributed by atoms with Crippen LogP contribution in [0, 0.1) is 0 Å². The molecule has 2 saturated heterocycles. The molecule has 11 heteroatoms. The molecule has 2 aliphatic carbocycles. The molecule has 4 aliphatic rings. The number of phenols is 2. The number of rotatable bonds is 3. The van der Waals surface area contributed by atoms with Crippen LogP contribution in [0.3, 0.4) is 0 Å². The van der Waals surface area contributed by atoms with Crippen LogP contribution in [-0.4, -0.2) is 90.7 Å². The number of aliphatic hydroxyl groups is 4. The van der Waals surface area contributed by atoms with Gasteiger partial charge in [-0.05, 0) is 50.3 Å². The minimum atomic E-state index is -1.58. The van der Waals surface area contributed by atoms with Gasteiger partial charge in [-0.15, -0.1) is 0 Å². The van der Waals surface area contributed by atoms with Crippen molar-refractivity contribution in [3.05, 3.63) is 46.5 Å². The Labute approximate surface area is 241 Å². The van der Waals surface area contributed by atoms with Crippen molar-refractivity contribution in [1.82, 2.24) is 0 Å². The van der Waals surface area contributed by atoms with Crippen molar-refractivity contribution in [2.45, 2.75) is 107 Å². The minimum absolute atomic E-state index is 0.0151. The maximum Gasteiger partial charge on any atom is 0.169 e. The number of aliphatic hydroxyl groups excluding tert-OH is 3. The Morgan fingerprint density at radius 3 is 2.36 bits per heavy atom. The van der Waals surface area contributed by atoms with Gasteiger partial charge in [-0.2, -0.15) is 0 Å². The Kier molecular flexibility index (Phi) is 7.21. The predicted molar refractivity (Wildman–Crippen MR) is 147 cm³/mol. The van der Waals surface area contributed by atoms with Crippen molar-refractivity contribution >= 4 is 22.3 Å². The normalized spacial score (nSPS) is 38.6. The number of Topliss-reactive ketones (excluding diaryl/α,β-unsaturated/α-hetero) is 1. The fourth-order valence-electron chi connectivity index (χ4n) is 7.22. The number of fused-ring (bicyclic) bond motifs is 4. The van der Waals surface area contributed by atoms with Crippen LogP contribution in [0.4, 0.5) is 0 Å². The molecule has 0 amide bonds. The van der Waals surface area contributed by atoms with E-state index in [1.54, 1.807) is 39.0 Å². The Balaban J connectivity index is 1.30. The topological polar surface area (TPSA) is 183 Å². The quantitative estimate of drug-likeness (QED) is 0.310. The monoisotopic (exact) mass is 584 g/mol. The first-order chi connectivity index (χ1) is 19.8. The van der Waals surface area contributed by atoms with Crippen LogP contribution in [0.2, 0.25) is 0 Å². The number of hydrogen-bond acceptors (Lipinski definition) is 11. The van der Waals surface area contributed by atoms with Gasteiger partial charge in [-0.3, -0.25) is 9.59 Å². The number of benzene rings is 2. The van der Waals surface area contributed by atoms with Crippen molar-refractivity contribution in [3.63, 3.8) is 0 Å². The largest absolute Gasteiger partial charge is 0.507 e. The molecule has 6 N–H and O–H groups in total. The highest BCUT2D eigenvalue weighted by atomic mass is 16.7. The summed E-state index contributed by atoms with van der Waals surface area (Å²) in [7, 11) is 0. The van der Waals surface area contributed by atoms with Crippen LogP contribution < -0.4 is 0 Å². The second-order valence-electron chi connectivity index (χ2n) is 12.3. The average molecular weight is 585 g/mol. The van der Waals surface area contributed by atoms with Crippen LogP contribution in [0.25, 0.3) is 10.8 Å². The van der Waals surface area contributed by atoms with E-state index in [9.17, 15) is 40.2 Å². The summed E-state index contributed by atoms with van der Waals surface area (Å²) in [6.45, 7) is 5.04. The smallest absolute Gasteiger partial charge is 0.169 e. The second kappa shape index (κ2) is 10.4. The van der Waals surface area contributed by atoms with E-state index in [0.717, 1.165) is 0 Å². The summed E-state index contributed by atoms with van der Waals surface area (Å²) in [6.07, 6.45) is -5.56. The molecule has 0 aromatic heterocycles. The van der Waals surface area contributed by atoms with Gasteiger partial charge < -0.3 is 44.8 Å². The molecule has 10 atom stereocenters. The Morgan fingerprint density at radius 2 is 1.67 bits per heavy atom. The van der Waals surface area contributed by atoms with E-state index in [0.29, 0.717) is 11.0 Å². The second-order valence-corrected chi connectivity index (χ2v) is 12.3. The van der Waals surface area contributed by atoms with Crippen molar-refractivity contribution in [2.75, 3.05) is 0 Å². The minimum Gasteiger partial charge on any atom is -0.507 e. The van der Waals surface area contributed by atoms with Gasteiger partial charge in [0.25, 0.3) is 0 Å². The molecule has 0 radical (unpaired) electrons. The standard InChI is InChI=1S/C31H36O11/c1-12-6-18(32)26-17-7-15-4-5-16(28(37)24(15)29(38)25(17)21(35)11-31(26,39)10-12)22-8-20(34)30(14(3)40-22)42-23-9-19(33)27(36)13(2)41-23/h4-7,13-14,19-20,22-23,26-27,30,33-34,36-39H,8-11H2,1-3H3. The van der Waals surface area contributed by atoms with E-state index in [1.807, 2.05) is 0 Å². The molecule has 2 aromatic rings. The van der Waals surface area contributed by atoms with E-state index >= 15 is 0 Å². The summed E-state index contributed by atoms with van der Waals surface area (Å²) in [5, 5.41) is 65.4. The third kappa shape index (κ3) is 4.64. The average Bonchev–Trinajstić information content (AvgIpc) is 2.88. The molecule has 2 heterocycles. The third-order valence-electron chi connectivity index (χ3n) is 9.17. The molecule has 42 heavy (non-hydrogen) atoms. The highest BCUT2D eigenvalue weighted by Gasteiger charge is 2.51. The number of phenolic OH excluding ortho intramolecular Hbond substituents is 2. The molecule has 6 rings (SSSR count). The molecule has 10 unspecified atom stereocenters. The molecule has 226 valence electrons. The maximum atomic E-state index is 13.2. The van der Waals surface area contributed by atoms with Gasteiger partial charge in [-0.1, -0.05) is 17.7 Å². The summed E-state index contributed by atoms with van der Waals surface area (Å²) in [5.74, 6) is -2.67. The third-order valence-corrected chi connectivity index (χ3v) is 9.17. The van der Waals surface area contributed by atoms with Gasteiger partial charge in [0, 0.05) is 24.8 Å². The molecule has 11 nitrogen and oxygen atoms in total. The molecule has 0 bridgehead atoms. The first-order valence-corrected chi connectivity index (χ1v) is 14.3. The number of ether oxygens (including phenoxy) is 3. The first kappa shape index (κ1) is 29.2. The van der Waals surface area contributed by atoms with Crippen LogP contribution >= 0.6 is 0 Å². The van der Waals surface area contributed by atoms with Crippen molar-refractivity contribution in [2.24, 2.45) is 0 Å². The van der Waals surface area contributed by atoms with Gasteiger partial charge in [0.1, 0.15) is 23.7 Å². The Bertz CT molecular complexity index is 1460. The van der Waals surface area contributed by atoms with Gasteiger partial charge in [0.2, 0.25) is 0 Å². The summed E-state index contributed by atoms with van der Waals surface area (Å²) in [6, 6.07) is 4.79. The molecule has 2 fully saturated rings. The van der Waals surface area contributed by atoms with Crippen LogP contribution in [0.15, 0.2) is 29.8 Å². The van der Waals surface area contributed by atoms with E-state index in [1.165, 1.54) is 6.08 Å². The number of ketones is 2. The zero-order valence-electron chi connectivity index (χ0n) is 23.6. The number of aromatic hydroxyl groups is 2. The van der Waals surface area contributed by atoms with Crippen molar-refractivity contribution in [1.29, 1.82) is 0 Å². The maximum absolute atomic E-state index is 13.2. The zero-order chi connectivity index (χ0) is 30.2. The predicted octanol–water partition coefficient (Wildman–Crippen LogP) is 2.02. The summed E-state index contributed by atoms with van der Waals surface area (Å²) in [5.41, 5.74) is -0.478. The lowest BCUT2D eigenvalue weighted by Gasteiger charge is -2.42. The molecule has 0 spiro atoms. The SMILES string of the molecule is CC1=CC(=O)C2c3cc4ccc(C5CC(O)C(OC6CC(O)C(O)C(C)O6)C(C)O5)c(O)c4c(O)c3C(=O)CC2(O)C1. The highest BCUT2D eigenvalue weighted by molar-refractivity contribution is 6.13. The fourth-order valence-corrected chi connectivity index (χ4v) is 7.22. The Morgan fingerprint density at radius 1 is 0.929 bits per heavy atom. The number of carbonyl (C=O) groups is 2. The number of hydrogen-bond donors (Lipinski definition) is 6. The first-order valence-electron chi connectivity index (χ1n) is 14.3. The Hall–Kier alpha value is -2.90. The van der Waals surface area contributed by atoms with Gasteiger partial charge >= 0.3 is 0 Å². The highest BCUT2D eigenvalue weighted by Crippen LogP contribution is 2.52. The van der Waals surface area contributed by atoms with E-state index in [-0.39, 0.29) is 59.3 Å². The summed E-state index contributed by atoms with van der Waals surface area (Å²) in [4.78, 5) is 26.2. The lowest BCUT2D eigenvalue weighted by atomic mass is 9.64. The molecular formula is C31H36O11. The van der Waals surface area contributed by atoms with E-state index in [2.05, 4.69) is 0 Å². The number of allylic oxidation sites excluding steroid dienone is 1. The van der Waals surface area contributed by atoms with Gasteiger partial charge in [0.15, 0.2) is 17.9 Å². The fraction of sp³-hybridized carbons (Fsp3) is 0.548. The van der Waals surface area contributed by atoms with Crippen molar-refractivity contribution in [3.8, 4) is 11.5 Å². The molecule has 2 aliphatic heterocycles. The van der Waals surface area contributed by atoms with E-state index in [4.69, 9.17) is 14.2 Å². The molecular weight excluding hydrogens is 548 g/mol. The van der Waals surface area contributed by atoms with Crippen molar-refractivity contribution < 1.29 is 54.4 Å². The van der Waals surface area contributed by atoms with E-state index < -0.39 is 72.1 Å². The lowest BCUT2D eigenvalue weighted by molar-refractivity contribution is -0.293. The van der Waals surface area contributed by atoms with Gasteiger partial charge in [0.05, 0.1) is 53.0 Å². The molecule has 2 aromatic carbocycles. The van der Waals surface area contributed by atoms with Gasteiger partial charge in [-0.25, -0.2) is 0 Å². The van der Waals surface area contributed by atoms with Crippen LogP contribution in [0.1, 0.15) is 80.0 Å². The lowest BCUT2D eigenvalue weighted by Crippen LogP contribution is -2.52.